The summed E-state index contributed by atoms with van der Waals surface area (Å²) in [6, 6.07) is 12.1. The average molecular weight is 368 g/mol. The van der Waals surface area contributed by atoms with Gasteiger partial charge in [-0.3, -0.25) is 4.79 Å². The third-order valence-corrected chi connectivity index (χ3v) is 6.63. The number of halogens is 2. The maximum atomic E-state index is 13.9. The molecule has 0 aliphatic carbocycles. The number of sulfone groups is 1. The summed E-state index contributed by atoms with van der Waals surface area (Å²) in [6.07, 6.45) is 0.315. The van der Waals surface area contributed by atoms with E-state index < -0.39 is 26.8 Å². The maximum absolute atomic E-state index is 13.9. The minimum absolute atomic E-state index is 0.0226. The highest BCUT2D eigenvalue weighted by molar-refractivity contribution is 7.92. The van der Waals surface area contributed by atoms with Crippen LogP contribution in [0.15, 0.2) is 53.4 Å². The van der Waals surface area contributed by atoms with Gasteiger partial charge in [0.05, 0.1) is 20.7 Å². The first-order chi connectivity index (χ1) is 11.4. The fourth-order valence-corrected chi connectivity index (χ4v) is 4.79. The quantitative estimate of drug-likeness (QED) is 0.837. The summed E-state index contributed by atoms with van der Waals surface area (Å²) >= 11 is 5.92. The van der Waals surface area contributed by atoms with E-state index in [2.05, 4.69) is 0 Å². The molecule has 4 nitrogen and oxygen atoms in total. The van der Waals surface area contributed by atoms with Crippen molar-refractivity contribution >= 4 is 27.3 Å². The predicted octanol–water partition coefficient (Wildman–Crippen LogP) is 3.17. The van der Waals surface area contributed by atoms with Crippen LogP contribution in [0.3, 0.4) is 0 Å². The first-order valence-corrected chi connectivity index (χ1v) is 9.36. The molecular weight excluding hydrogens is 353 g/mol. The van der Waals surface area contributed by atoms with Gasteiger partial charge in [-0.1, -0.05) is 35.9 Å². The van der Waals surface area contributed by atoms with Gasteiger partial charge in [0.15, 0.2) is 9.84 Å². The summed E-state index contributed by atoms with van der Waals surface area (Å²) in [5.74, 6) is -1.29. The van der Waals surface area contributed by atoms with Crippen molar-refractivity contribution in [2.75, 3.05) is 13.1 Å². The van der Waals surface area contributed by atoms with Crippen LogP contribution in [0, 0.1) is 5.82 Å². The summed E-state index contributed by atoms with van der Waals surface area (Å²) in [5, 5.41) is -0.677. The van der Waals surface area contributed by atoms with E-state index in [1.54, 1.807) is 18.2 Å². The molecule has 0 saturated carbocycles. The fraction of sp³-hybridized carbons (Fsp3) is 0.235. The molecule has 0 N–H and O–H groups in total. The van der Waals surface area contributed by atoms with Crippen molar-refractivity contribution < 1.29 is 17.6 Å². The van der Waals surface area contributed by atoms with Crippen LogP contribution in [-0.2, 0) is 9.84 Å². The molecule has 1 fully saturated rings. The van der Waals surface area contributed by atoms with Crippen molar-refractivity contribution in [2.24, 2.45) is 0 Å². The molecule has 1 saturated heterocycles. The van der Waals surface area contributed by atoms with Crippen LogP contribution in [0.5, 0.6) is 0 Å². The molecule has 0 bridgehead atoms. The number of amides is 1. The van der Waals surface area contributed by atoms with E-state index in [1.165, 1.54) is 29.2 Å². The third kappa shape index (κ3) is 3.03. The van der Waals surface area contributed by atoms with Crippen LogP contribution in [0.4, 0.5) is 4.39 Å². The Morgan fingerprint density at radius 3 is 2.50 bits per heavy atom. The Bertz CT molecular complexity index is 850. The summed E-state index contributed by atoms with van der Waals surface area (Å²) < 4.78 is 39.2. The van der Waals surface area contributed by atoms with Crippen LogP contribution < -0.4 is 0 Å². The molecule has 2 aromatic rings. The van der Waals surface area contributed by atoms with Crippen LogP contribution >= 0.6 is 11.6 Å². The Kier molecular flexibility index (Phi) is 4.60. The van der Waals surface area contributed by atoms with E-state index in [4.69, 9.17) is 11.6 Å². The van der Waals surface area contributed by atoms with E-state index in [0.717, 1.165) is 6.07 Å². The van der Waals surface area contributed by atoms with Gasteiger partial charge in [-0.15, -0.1) is 0 Å². The van der Waals surface area contributed by atoms with E-state index in [9.17, 15) is 17.6 Å². The van der Waals surface area contributed by atoms with Crippen molar-refractivity contribution in [3.05, 3.63) is 64.9 Å². The molecule has 126 valence electrons. The predicted molar refractivity (Wildman–Crippen MR) is 89.3 cm³/mol. The second-order valence-electron chi connectivity index (χ2n) is 5.62. The van der Waals surface area contributed by atoms with E-state index in [-0.39, 0.29) is 28.6 Å². The lowest BCUT2D eigenvalue weighted by molar-refractivity contribution is 0.0788. The summed E-state index contributed by atoms with van der Waals surface area (Å²) in [4.78, 5) is 14.1. The largest absolute Gasteiger partial charge is 0.337 e. The lowest BCUT2D eigenvalue weighted by Crippen LogP contribution is -2.32. The van der Waals surface area contributed by atoms with Crippen molar-refractivity contribution in [3.8, 4) is 0 Å². The smallest absolute Gasteiger partial charge is 0.258 e. The van der Waals surface area contributed by atoms with Crippen molar-refractivity contribution in [1.29, 1.82) is 0 Å². The van der Waals surface area contributed by atoms with Crippen LogP contribution in [0.1, 0.15) is 16.8 Å². The normalized spacial score (nSPS) is 17.9. The Balaban J connectivity index is 1.82. The number of carbonyl (C=O) groups is 1. The van der Waals surface area contributed by atoms with Gasteiger partial charge in [0.25, 0.3) is 5.91 Å². The molecule has 24 heavy (non-hydrogen) atoms. The molecule has 2 aromatic carbocycles. The summed E-state index contributed by atoms with van der Waals surface area (Å²) in [5.41, 5.74) is -0.211. The van der Waals surface area contributed by atoms with Crippen molar-refractivity contribution in [3.63, 3.8) is 0 Å². The second kappa shape index (κ2) is 6.53. The molecule has 0 aromatic heterocycles. The minimum Gasteiger partial charge on any atom is -0.337 e. The van der Waals surface area contributed by atoms with E-state index in [0.29, 0.717) is 6.42 Å². The molecular formula is C17H15ClFNO3S. The Labute approximate surface area is 144 Å². The number of hydrogen-bond acceptors (Lipinski definition) is 3. The first kappa shape index (κ1) is 16.9. The van der Waals surface area contributed by atoms with Gasteiger partial charge in [0.2, 0.25) is 0 Å². The van der Waals surface area contributed by atoms with Gasteiger partial charge in [0.1, 0.15) is 5.82 Å². The Morgan fingerprint density at radius 2 is 1.83 bits per heavy atom. The van der Waals surface area contributed by atoms with Crippen LogP contribution in [-0.4, -0.2) is 37.6 Å². The zero-order valence-corrected chi connectivity index (χ0v) is 14.2. The van der Waals surface area contributed by atoms with Gasteiger partial charge >= 0.3 is 0 Å². The monoisotopic (exact) mass is 367 g/mol. The van der Waals surface area contributed by atoms with Gasteiger partial charge in [-0.25, -0.2) is 12.8 Å². The molecule has 1 aliphatic rings. The number of rotatable bonds is 3. The van der Waals surface area contributed by atoms with Crippen molar-refractivity contribution in [1.82, 2.24) is 4.90 Å². The van der Waals surface area contributed by atoms with E-state index >= 15 is 0 Å². The molecule has 1 atom stereocenters. The average Bonchev–Trinajstić information content (AvgIpc) is 3.06. The number of nitrogens with zero attached hydrogens (tertiary/aromatic N) is 1. The van der Waals surface area contributed by atoms with Gasteiger partial charge in [-0.2, -0.15) is 0 Å². The van der Waals surface area contributed by atoms with E-state index in [1.807, 2.05) is 0 Å². The highest BCUT2D eigenvalue weighted by Crippen LogP contribution is 2.27. The van der Waals surface area contributed by atoms with Gasteiger partial charge < -0.3 is 4.90 Å². The lowest BCUT2D eigenvalue weighted by Gasteiger charge is -2.18. The highest BCUT2D eigenvalue weighted by Gasteiger charge is 2.37. The van der Waals surface area contributed by atoms with Crippen molar-refractivity contribution in [2.45, 2.75) is 16.6 Å². The molecule has 1 amide bonds. The molecule has 1 heterocycles. The minimum atomic E-state index is -3.53. The van der Waals surface area contributed by atoms with Gasteiger partial charge in [0, 0.05) is 13.1 Å². The maximum Gasteiger partial charge on any atom is 0.258 e. The third-order valence-electron chi connectivity index (χ3n) is 4.12. The second-order valence-corrected chi connectivity index (χ2v) is 8.25. The first-order valence-electron chi connectivity index (χ1n) is 7.43. The Hall–Kier alpha value is -1.92. The summed E-state index contributed by atoms with van der Waals surface area (Å²) in [7, 11) is -3.53. The molecule has 7 heteroatoms. The van der Waals surface area contributed by atoms with Crippen LogP contribution in [0.2, 0.25) is 5.02 Å². The lowest BCUT2D eigenvalue weighted by atomic mass is 10.2. The zero-order chi connectivity index (χ0) is 17.3. The summed E-state index contributed by atoms with van der Waals surface area (Å²) in [6.45, 7) is 0.279. The Morgan fingerprint density at radius 1 is 1.12 bits per heavy atom. The van der Waals surface area contributed by atoms with Gasteiger partial charge in [-0.05, 0) is 30.7 Å². The van der Waals surface area contributed by atoms with Crippen LogP contribution in [0.25, 0.3) is 0 Å². The number of likely N-dealkylation sites (tertiary alicyclic amines) is 1. The zero-order valence-electron chi connectivity index (χ0n) is 12.7. The number of hydrogen-bond donors (Lipinski definition) is 0. The molecule has 3 rings (SSSR count). The molecule has 1 unspecified atom stereocenters. The SMILES string of the molecule is O=C(c1c(F)cccc1Cl)N1CCC(S(=O)(=O)c2ccccc2)C1. The number of carbonyl (C=O) groups excluding carboxylic acids is 1. The molecule has 1 aliphatic heterocycles. The fourth-order valence-electron chi connectivity index (χ4n) is 2.83. The topological polar surface area (TPSA) is 54.5 Å². The standard InChI is InChI=1S/C17H15ClFNO3S/c18-14-7-4-8-15(19)16(14)17(21)20-10-9-13(11-20)24(22,23)12-5-2-1-3-6-12/h1-8,13H,9-11H2. The molecule has 0 spiro atoms. The molecule has 0 radical (unpaired) electrons. The number of benzene rings is 2. The highest BCUT2D eigenvalue weighted by atomic mass is 35.5.